The first kappa shape index (κ1) is 11.9. The molecule has 0 unspecified atom stereocenters. The van der Waals surface area contributed by atoms with Gasteiger partial charge in [0, 0.05) is 17.8 Å². The number of alkyl halides is 1. The molecule has 0 atom stereocenters. The van der Waals surface area contributed by atoms with E-state index >= 15 is 0 Å². The van der Waals surface area contributed by atoms with E-state index in [0.717, 1.165) is 23.5 Å². The van der Waals surface area contributed by atoms with E-state index in [2.05, 4.69) is 34.6 Å². The topological polar surface area (TPSA) is 24.9 Å². The molecule has 1 heterocycles. The zero-order valence-corrected chi connectivity index (χ0v) is 10.5. The van der Waals surface area contributed by atoms with Crippen LogP contribution in [-0.4, -0.2) is 10.9 Å². The molecule has 1 aromatic heterocycles. The lowest BCUT2D eigenvalue weighted by Gasteiger charge is -2.08. The summed E-state index contributed by atoms with van der Waals surface area (Å²) in [4.78, 5) is 4.30. The van der Waals surface area contributed by atoms with Crippen LogP contribution in [-0.2, 0) is 6.42 Å². The largest absolute Gasteiger partial charge is 0.340 e. The van der Waals surface area contributed by atoms with Crippen molar-refractivity contribution in [3.8, 4) is 0 Å². The Bertz CT molecular complexity index is 480. The fourth-order valence-corrected chi connectivity index (χ4v) is 1.84. The molecule has 2 nitrogen and oxygen atoms in total. The summed E-state index contributed by atoms with van der Waals surface area (Å²) in [5, 5.41) is 3.30. The summed E-state index contributed by atoms with van der Waals surface area (Å²) in [6, 6.07) is 12.2. The molecule has 0 fully saturated rings. The van der Waals surface area contributed by atoms with Gasteiger partial charge in [-0.3, -0.25) is 0 Å². The van der Waals surface area contributed by atoms with Crippen LogP contribution in [0.4, 0.5) is 11.5 Å². The second kappa shape index (κ2) is 5.69. The second-order valence-corrected chi connectivity index (χ2v) is 4.31. The third-order valence-corrected chi connectivity index (χ3v) is 2.80. The lowest BCUT2D eigenvalue weighted by atomic mass is 10.1. The molecule has 0 aliphatic carbocycles. The molecule has 2 aromatic rings. The van der Waals surface area contributed by atoms with E-state index in [0.29, 0.717) is 5.88 Å². The highest BCUT2D eigenvalue weighted by molar-refractivity contribution is 6.17. The summed E-state index contributed by atoms with van der Waals surface area (Å²) in [7, 11) is 0. The lowest BCUT2D eigenvalue weighted by Crippen LogP contribution is -1.96. The number of rotatable bonds is 4. The molecular weight excluding hydrogens is 232 g/mol. The van der Waals surface area contributed by atoms with Crippen LogP contribution in [0, 0.1) is 6.92 Å². The van der Waals surface area contributed by atoms with Gasteiger partial charge in [0.1, 0.15) is 5.82 Å². The Balaban J connectivity index is 2.11. The fraction of sp³-hybridized carbons (Fsp3) is 0.214. The molecule has 88 valence electrons. The van der Waals surface area contributed by atoms with Crippen molar-refractivity contribution in [2.45, 2.75) is 13.3 Å². The summed E-state index contributed by atoms with van der Waals surface area (Å²) in [5.74, 6) is 1.56. The van der Waals surface area contributed by atoms with Crippen molar-refractivity contribution >= 4 is 23.1 Å². The molecule has 1 aromatic carbocycles. The summed E-state index contributed by atoms with van der Waals surface area (Å²) >= 11 is 5.70. The number of nitrogens with zero attached hydrogens (tertiary/aromatic N) is 1. The number of anilines is 2. The van der Waals surface area contributed by atoms with Gasteiger partial charge in [-0.25, -0.2) is 4.98 Å². The van der Waals surface area contributed by atoms with Crippen molar-refractivity contribution < 1.29 is 0 Å². The first-order valence-electron chi connectivity index (χ1n) is 5.63. The van der Waals surface area contributed by atoms with Crippen molar-refractivity contribution in [3.05, 3.63) is 53.7 Å². The number of aryl methyl sites for hydroxylation is 2. The molecule has 0 aliphatic rings. The predicted molar refractivity (Wildman–Crippen MR) is 73.1 cm³/mol. The van der Waals surface area contributed by atoms with E-state index in [1.165, 1.54) is 5.56 Å². The van der Waals surface area contributed by atoms with Gasteiger partial charge in [-0.1, -0.05) is 18.2 Å². The number of hydrogen-bond acceptors (Lipinski definition) is 2. The molecule has 0 saturated carbocycles. The molecule has 0 spiro atoms. The van der Waals surface area contributed by atoms with E-state index in [9.17, 15) is 0 Å². The van der Waals surface area contributed by atoms with E-state index in [1.54, 1.807) is 6.20 Å². The van der Waals surface area contributed by atoms with Gasteiger partial charge in [0.25, 0.3) is 0 Å². The number of halogens is 1. The summed E-state index contributed by atoms with van der Waals surface area (Å²) in [5.41, 5.74) is 3.44. The lowest BCUT2D eigenvalue weighted by molar-refractivity contribution is 1.15. The summed E-state index contributed by atoms with van der Waals surface area (Å²) < 4.78 is 0. The van der Waals surface area contributed by atoms with Crippen molar-refractivity contribution in [2.24, 2.45) is 0 Å². The highest BCUT2D eigenvalue weighted by Crippen LogP contribution is 2.18. The highest BCUT2D eigenvalue weighted by atomic mass is 35.5. The van der Waals surface area contributed by atoms with Gasteiger partial charge in [0.2, 0.25) is 0 Å². The Labute approximate surface area is 107 Å². The molecule has 0 amide bonds. The van der Waals surface area contributed by atoms with Crippen molar-refractivity contribution in [3.63, 3.8) is 0 Å². The van der Waals surface area contributed by atoms with E-state index in [4.69, 9.17) is 11.6 Å². The van der Waals surface area contributed by atoms with Crippen LogP contribution in [0.5, 0.6) is 0 Å². The Morgan fingerprint density at radius 3 is 2.59 bits per heavy atom. The predicted octanol–water partition coefficient (Wildman–Crippen LogP) is 3.91. The first-order valence-corrected chi connectivity index (χ1v) is 6.16. The maximum absolute atomic E-state index is 5.70. The maximum Gasteiger partial charge on any atom is 0.133 e. The van der Waals surface area contributed by atoms with Gasteiger partial charge in [-0.05, 0) is 42.7 Å². The zero-order chi connectivity index (χ0) is 12.1. The van der Waals surface area contributed by atoms with E-state index in [1.807, 2.05) is 19.1 Å². The van der Waals surface area contributed by atoms with Gasteiger partial charge >= 0.3 is 0 Å². The van der Waals surface area contributed by atoms with Crippen molar-refractivity contribution in [1.82, 2.24) is 4.98 Å². The molecule has 0 bridgehead atoms. The van der Waals surface area contributed by atoms with Gasteiger partial charge in [-0.2, -0.15) is 0 Å². The minimum absolute atomic E-state index is 0.659. The molecule has 3 heteroatoms. The normalized spacial score (nSPS) is 10.2. The average molecular weight is 247 g/mol. The molecule has 17 heavy (non-hydrogen) atoms. The first-order chi connectivity index (χ1) is 8.29. The monoisotopic (exact) mass is 246 g/mol. The molecular formula is C14H15ClN2. The van der Waals surface area contributed by atoms with Crippen LogP contribution in [0.1, 0.15) is 11.1 Å². The third-order valence-electron chi connectivity index (χ3n) is 2.61. The Hall–Kier alpha value is -1.54. The maximum atomic E-state index is 5.70. The number of nitrogens with one attached hydrogen (secondary N) is 1. The van der Waals surface area contributed by atoms with Crippen LogP contribution in [0.25, 0.3) is 0 Å². The number of benzene rings is 1. The van der Waals surface area contributed by atoms with Gasteiger partial charge in [0.15, 0.2) is 0 Å². The highest BCUT2D eigenvalue weighted by Gasteiger charge is 1.99. The summed E-state index contributed by atoms with van der Waals surface area (Å²) in [6.07, 6.45) is 2.70. The minimum Gasteiger partial charge on any atom is -0.340 e. The van der Waals surface area contributed by atoms with Gasteiger partial charge in [0.05, 0.1) is 0 Å². The molecule has 0 aliphatic heterocycles. The molecule has 2 rings (SSSR count). The molecule has 1 N–H and O–H groups in total. The average Bonchev–Trinajstić information content (AvgIpc) is 2.35. The van der Waals surface area contributed by atoms with E-state index < -0.39 is 0 Å². The van der Waals surface area contributed by atoms with Crippen LogP contribution in [0.2, 0.25) is 0 Å². The van der Waals surface area contributed by atoms with Crippen LogP contribution >= 0.6 is 11.6 Å². The van der Waals surface area contributed by atoms with Crippen LogP contribution in [0.3, 0.4) is 0 Å². The van der Waals surface area contributed by atoms with Crippen LogP contribution in [0.15, 0.2) is 42.6 Å². The molecule has 0 radical (unpaired) electrons. The Morgan fingerprint density at radius 1 is 1.18 bits per heavy atom. The summed E-state index contributed by atoms with van der Waals surface area (Å²) in [6.45, 7) is 2.04. The number of hydrogen-bond donors (Lipinski definition) is 1. The molecule has 0 saturated heterocycles. The fourth-order valence-electron chi connectivity index (χ4n) is 1.62. The van der Waals surface area contributed by atoms with E-state index in [-0.39, 0.29) is 0 Å². The Kier molecular flexibility index (Phi) is 3.99. The minimum atomic E-state index is 0.659. The quantitative estimate of drug-likeness (QED) is 0.828. The second-order valence-electron chi connectivity index (χ2n) is 3.93. The number of aromatic nitrogens is 1. The van der Waals surface area contributed by atoms with Crippen molar-refractivity contribution in [2.75, 3.05) is 11.2 Å². The standard InChI is InChI=1S/C14H15ClN2/c1-11-3-2-10-16-14(11)17-13-6-4-12(5-7-13)8-9-15/h2-7,10H,8-9H2,1H3,(H,16,17). The zero-order valence-electron chi connectivity index (χ0n) is 9.78. The van der Waals surface area contributed by atoms with Crippen LogP contribution < -0.4 is 5.32 Å². The number of pyridine rings is 1. The van der Waals surface area contributed by atoms with Gasteiger partial charge in [-0.15, -0.1) is 11.6 Å². The smallest absolute Gasteiger partial charge is 0.133 e. The SMILES string of the molecule is Cc1cccnc1Nc1ccc(CCCl)cc1. The van der Waals surface area contributed by atoms with Gasteiger partial charge < -0.3 is 5.32 Å². The Morgan fingerprint density at radius 2 is 1.94 bits per heavy atom. The third kappa shape index (κ3) is 3.21. The van der Waals surface area contributed by atoms with Crippen molar-refractivity contribution in [1.29, 1.82) is 0 Å².